The van der Waals surface area contributed by atoms with Crippen LogP contribution in [0.15, 0.2) is 27.5 Å². The van der Waals surface area contributed by atoms with Crippen LogP contribution in [0.4, 0.5) is 14.7 Å². The van der Waals surface area contributed by atoms with Gasteiger partial charge in [-0.05, 0) is 41.9 Å². The first kappa shape index (κ1) is 19.8. The standard InChI is InChI=1S/C16H16BrF2N3O4/c1-8(2)22-15(25)13(17)14(21-16(22)20-6-12(23)24)26-7-9-3-4-10(18)5-11(9)19/h3-5,8H,6-7H2,1-2H3,(H,20,21)(H,23,24). The molecule has 2 aromatic rings. The normalized spacial score (nSPS) is 10.8. The molecule has 0 unspecified atom stereocenters. The van der Waals surface area contributed by atoms with E-state index in [0.717, 1.165) is 12.1 Å². The minimum absolute atomic E-state index is 0.00479. The second kappa shape index (κ2) is 8.26. The number of halogens is 3. The molecule has 0 spiro atoms. The molecule has 7 nitrogen and oxygen atoms in total. The molecular weight excluding hydrogens is 416 g/mol. The molecule has 10 heteroatoms. The van der Waals surface area contributed by atoms with Gasteiger partial charge in [-0.2, -0.15) is 4.98 Å². The van der Waals surface area contributed by atoms with E-state index in [1.165, 1.54) is 10.6 Å². The molecule has 26 heavy (non-hydrogen) atoms. The van der Waals surface area contributed by atoms with Crippen molar-refractivity contribution in [2.24, 2.45) is 0 Å². The summed E-state index contributed by atoms with van der Waals surface area (Å²) in [6.07, 6.45) is 0. The summed E-state index contributed by atoms with van der Waals surface area (Å²) < 4.78 is 33.3. The maximum Gasteiger partial charge on any atom is 0.322 e. The van der Waals surface area contributed by atoms with E-state index in [-0.39, 0.29) is 34.5 Å². The number of carboxylic acid groups (broad SMARTS) is 1. The molecule has 140 valence electrons. The maximum absolute atomic E-state index is 13.7. The molecule has 1 heterocycles. The number of benzene rings is 1. The van der Waals surface area contributed by atoms with E-state index in [1.54, 1.807) is 13.8 Å². The zero-order valence-corrected chi connectivity index (χ0v) is 15.5. The molecule has 0 atom stereocenters. The Bertz CT molecular complexity index is 887. The Morgan fingerprint density at radius 1 is 1.42 bits per heavy atom. The molecule has 0 radical (unpaired) electrons. The van der Waals surface area contributed by atoms with Gasteiger partial charge in [0.15, 0.2) is 0 Å². The number of carboxylic acids is 1. The number of hydrogen-bond donors (Lipinski definition) is 2. The zero-order valence-electron chi connectivity index (χ0n) is 13.9. The van der Waals surface area contributed by atoms with Crippen molar-refractivity contribution in [3.05, 3.63) is 50.2 Å². The summed E-state index contributed by atoms with van der Waals surface area (Å²) in [6, 6.07) is 2.72. The van der Waals surface area contributed by atoms with Gasteiger partial charge >= 0.3 is 5.97 Å². The summed E-state index contributed by atoms with van der Waals surface area (Å²) >= 11 is 3.10. The Balaban J connectivity index is 2.35. The van der Waals surface area contributed by atoms with Crippen LogP contribution in [0.25, 0.3) is 0 Å². The molecule has 1 aromatic carbocycles. The fourth-order valence-corrected chi connectivity index (χ4v) is 2.53. The molecule has 0 saturated heterocycles. The molecule has 2 N–H and O–H groups in total. The molecule has 0 aliphatic heterocycles. The first-order valence-corrected chi connectivity index (χ1v) is 8.34. The molecule has 0 saturated carbocycles. The Labute approximate surface area is 155 Å². The maximum atomic E-state index is 13.7. The predicted octanol–water partition coefficient (Wildman–Crippen LogP) is 2.94. The van der Waals surface area contributed by atoms with Crippen LogP contribution in [-0.4, -0.2) is 27.2 Å². The van der Waals surface area contributed by atoms with Crippen molar-refractivity contribution in [1.82, 2.24) is 9.55 Å². The highest BCUT2D eigenvalue weighted by Gasteiger charge is 2.19. The van der Waals surface area contributed by atoms with E-state index in [9.17, 15) is 18.4 Å². The van der Waals surface area contributed by atoms with Crippen molar-refractivity contribution in [2.75, 3.05) is 11.9 Å². The topological polar surface area (TPSA) is 93.5 Å². The summed E-state index contributed by atoms with van der Waals surface area (Å²) in [6.45, 7) is 2.72. The minimum atomic E-state index is -1.13. The van der Waals surface area contributed by atoms with Crippen molar-refractivity contribution in [3.8, 4) is 5.88 Å². The predicted molar refractivity (Wildman–Crippen MR) is 93.4 cm³/mol. The molecular formula is C16H16BrF2N3O4. The number of carbonyl (C=O) groups is 1. The highest BCUT2D eigenvalue weighted by Crippen LogP contribution is 2.24. The number of aromatic nitrogens is 2. The number of nitrogens with one attached hydrogen (secondary N) is 1. The van der Waals surface area contributed by atoms with Crippen molar-refractivity contribution in [1.29, 1.82) is 0 Å². The first-order chi connectivity index (χ1) is 12.2. The Morgan fingerprint density at radius 3 is 2.69 bits per heavy atom. The molecule has 0 bridgehead atoms. The van der Waals surface area contributed by atoms with E-state index in [2.05, 4.69) is 26.2 Å². The fraction of sp³-hybridized carbons (Fsp3) is 0.312. The average molecular weight is 432 g/mol. The van der Waals surface area contributed by atoms with Gasteiger partial charge in [-0.1, -0.05) is 0 Å². The Morgan fingerprint density at radius 2 is 2.12 bits per heavy atom. The van der Waals surface area contributed by atoms with Gasteiger partial charge in [0.2, 0.25) is 11.8 Å². The molecule has 0 aliphatic carbocycles. The van der Waals surface area contributed by atoms with E-state index in [1.807, 2.05) is 0 Å². The van der Waals surface area contributed by atoms with Crippen molar-refractivity contribution >= 4 is 27.8 Å². The smallest absolute Gasteiger partial charge is 0.322 e. The summed E-state index contributed by atoms with van der Waals surface area (Å²) in [7, 11) is 0. The molecule has 2 rings (SSSR count). The lowest BCUT2D eigenvalue weighted by molar-refractivity contribution is -0.134. The number of anilines is 1. The van der Waals surface area contributed by atoms with Gasteiger partial charge in [-0.15, -0.1) is 0 Å². The van der Waals surface area contributed by atoms with Crippen molar-refractivity contribution in [2.45, 2.75) is 26.5 Å². The summed E-state index contributed by atoms with van der Waals surface area (Å²) in [5.74, 6) is -2.77. The lowest BCUT2D eigenvalue weighted by Gasteiger charge is -2.18. The van der Waals surface area contributed by atoms with Crippen LogP contribution in [0.1, 0.15) is 25.5 Å². The van der Waals surface area contributed by atoms with Gasteiger partial charge in [0.1, 0.15) is 29.3 Å². The van der Waals surface area contributed by atoms with Gasteiger partial charge in [-0.25, -0.2) is 8.78 Å². The molecule has 0 fully saturated rings. The number of ether oxygens (including phenoxy) is 1. The van der Waals surface area contributed by atoms with E-state index < -0.39 is 29.7 Å². The highest BCUT2D eigenvalue weighted by molar-refractivity contribution is 9.10. The Kier molecular flexibility index (Phi) is 6.30. The van der Waals surface area contributed by atoms with Crippen LogP contribution in [0.3, 0.4) is 0 Å². The second-order valence-electron chi connectivity index (χ2n) is 5.60. The minimum Gasteiger partial charge on any atom is -0.480 e. The van der Waals surface area contributed by atoms with Gasteiger partial charge in [0.05, 0.1) is 0 Å². The van der Waals surface area contributed by atoms with Crippen LogP contribution in [-0.2, 0) is 11.4 Å². The highest BCUT2D eigenvalue weighted by atomic mass is 79.9. The lowest BCUT2D eigenvalue weighted by atomic mass is 10.2. The van der Waals surface area contributed by atoms with Crippen LogP contribution < -0.4 is 15.6 Å². The van der Waals surface area contributed by atoms with Crippen LogP contribution >= 0.6 is 15.9 Å². The second-order valence-corrected chi connectivity index (χ2v) is 6.39. The van der Waals surface area contributed by atoms with E-state index in [0.29, 0.717) is 0 Å². The van der Waals surface area contributed by atoms with Crippen molar-refractivity contribution < 1.29 is 23.4 Å². The number of nitrogens with zero attached hydrogens (tertiary/aromatic N) is 2. The third-order valence-corrected chi connectivity index (χ3v) is 4.00. The first-order valence-electron chi connectivity index (χ1n) is 7.55. The summed E-state index contributed by atoms with van der Waals surface area (Å²) in [5, 5.41) is 11.4. The lowest BCUT2D eigenvalue weighted by Crippen LogP contribution is -2.29. The fourth-order valence-electron chi connectivity index (χ4n) is 2.13. The van der Waals surface area contributed by atoms with Crippen LogP contribution in [0.5, 0.6) is 5.88 Å². The average Bonchev–Trinajstić information content (AvgIpc) is 2.55. The quantitative estimate of drug-likeness (QED) is 0.699. The van der Waals surface area contributed by atoms with Gasteiger partial charge in [-0.3, -0.25) is 14.2 Å². The number of aliphatic carboxylic acids is 1. The van der Waals surface area contributed by atoms with Gasteiger partial charge < -0.3 is 15.2 Å². The zero-order chi connectivity index (χ0) is 19.4. The van der Waals surface area contributed by atoms with Crippen molar-refractivity contribution in [3.63, 3.8) is 0 Å². The number of hydrogen-bond acceptors (Lipinski definition) is 5. The van der Waals surface area contributed by atoms with Crippen LogP contribution in [0, 0.1) is 11.6 Å². The largest absolute Gasteiger partial charge is 0.480 e. The van der Waals surface area contributed by atoms with Crippen LogP contribution in [0.2, 0.25) is 0 Å². The van der Waals surface area contributed by atoms with Gasteiger partial charge in [0, 0.05) is 17.7 Å². The third-order valence-electron chi connectivity index (χ3n) is 3.32. The summed E-state index contributed by atoms with van der Waals surface area (Å²) in [5.41, 5.74) is -0.411. The molecule has 0 aliphatic rings. The SMILES string of the molecule is CC(C)n1c(NCC(=O)O)nc(OCc2ccc(F)cc2F)c(Br)c1=O. The number of rotatable bonds is 7. The van der Waals surface area contributed by atoms with E-state index in [4.69, 9.17) is 9.84 Å². The third kappa shape index (κ3) is 4.57. The van der Waals surface area contributed by atoms with E-state index >= 15 is 0 Å². The monoisotopic (exact) mass is 431 g/mol. The van der Waals surface area contributed by atoms with Gasteiger partial charge in [0.25, 0.3) is 5.56 Å². The summed E-state index contributed by atoms with van der Waals surface area (Å²) in [4.78, 5) is 27.4. The molecule has 1 aromatic heterocycles. The molecule has 0 amide bonds. The Hall–Kier alpha value is -2.49.